The lowest BCUT2D eigenvalue weighted by molar-refractivity contribution is 0.0184. The van der Waals surface area contributed by atoms with Crippen LogP contribution in [0.3, 0.4) is 0 Å². The van der Waals surface area contributed by atoms with E-state index in [-0.39, 0.29) is 6.09 Å². The predicted molar refractivity (Wildman–Crippen MR) is 158 cm³/mol. The number of hydrogen-bond acceptors (Lipinski definition) is 8. The van der Waals surface area contributed by atoms with Crippen molar-refractivity contribution in [2.45, 2.75) is 52.4 Å². The van der Waals surface area contributed by atoms with Gasteiger partial charge in [0, 0.05) is 30.6 Å². The minimum absolute atomic E-state index is 0.212. The molecule has 1 amide bonds. The highest BCUT2D eigenvalue weighted by atomic mass is 32.1. The van der Waals surface area contributed by atoms with E-state index in [4.69, 9.17) is 18.9 Å². The molecule has 0 radical (unpaired) electrons. The summed E-state index contributed by atoms with van der Waals surface area (Å²) >= 11 is 1.43. The van der Waals surface area contributed by atoms with Gasteiger partial charge in [-0.25, -0.2) is 4.79 Å². The van der Waals surface area contributed by atoms with E-state index in [1.54, 1.807) is 0 Å². The largest absolute Gasteiger partial charge is 0.486 e. The first kappa shape index (κ1) is 28.8. The molecule has 3 heterocycles. The van der Waals surface area contributed by atoms with E-state index < -0.39 is 5.60 Å². The number of nitrogens with zero attached hydrogens (tertiary/aromatic N) is 2. The van der Waals surface area contributed by atoms with Crippen LogP contribution >= 0.6 is 11.3 Å². The molecule has 0 saturated carbocycles. The number of nitrogens with one attached hydrogen (secondary N) is 1. The predicted octanol–water partition coefficient (Wildman–Crippen LogP) is 6.37. The molecule has 9 heteroatoms. The second-order valence-corrected chi connectivity index (χ2v) is 12.3. The molecule has 0 bridgehead atoms. The molecule has 216 valence electrons. The number of piperidine rings is 1. The number of carbonyl (C=O) groups is 1. The van der Waals surface area contributed by atoms with Crippen molar-refractivity contribution in [1.29, 1.82) is 5.26 Å². The Morgan fingerprint density at radius 1 is 1.07 bits per heavy atom. The van der Waals surface area contributed by atoms with Crippen LogP contribution in [0.5, 0.6) is 16.6 Å². The molecular formula is C32H37N3O5S. The normalized spacial score (nSPS) is 15.3. The van der Waals surface area contributed by atoms with Crippen LogP contribution in [-0.4, -0.2) is 49.4 Å². The molecule has 41 heavy (non-hydrogen) atoms. The molecule has 3 aromatic rings. The van der Waals surface area contributed by atoms with Gasteiger partial charge in [-0.05, 0) is 74.9 Å². The Labute approximate surface area is 245 Å². The number of benzene rings is 2. The zero-order chi connectivity index (χ0) is 28.8. The minimum Gasteiger partial charge on any atom is -0.486 e. The van der Waals surface area contributed by atoms with Gasteiger partial charge in [0.1, 0.15) is 37.1 Å². The molecule has 0 aliphatic carbocycles. The van der Waals surface area contributed by atoms with E-state index in [0.29, 0.717) is 42.1 Å². The topological polar surface area (TPSA) is 93.1 Å². The zero-order valence-corrected chi connectivity index (χ0v) is 24.7. The SMILES string of the molecule is CC(C)(C)OC(=O)N1CCC(CNCc2ccc(COc3scc(-c4ccc5c(c4)OCCO5)c3C#N)cc2)CC1. The Morgan fingerprint density at radius 3 is 2.49 bits per heavy atom. The summed E-state index contributed by atoms with van der Waals surface area (Å²) in [5.74, 6) is 1.97. The van der Waals surface area contributed by atoms with Gasteiger partial charge in [-0.2, -0.15) is 5.26 Å². The average molecular weight is 576 g/mol. The van der Waals surface area contributed by atoms with Crippen LogP contribution in [0, 0.1) is 17.2 Å². The molecule has 2 aliphatic rings. The van der Waals surface area contributed by atoms with E-state index in [9.17, 15) is 10.1 Å². The molecule has 0 unspecified atom stereocenters. The Kier molecular flexibility index (Phi) is 9.01. The molecule has 1 saturated heterocycles. The van der Waals surface area contributed by atoms with E-state index in [1.807, 2.05) is 49.3 Å². The second kappa shape index (κ2) is 12.8. The smallest absolute Gasteiger partial charge is 0.410 e. The number of nitriles is 1. The van der Waals surface area contributed by atoms with Crippen LogP contribution in [0.15, 0.2) is 47.8 Å². The Bertz CT molecular complexity index is 1380. The van der Waals surface area contributed by atoms with Gasteiger partial charge in [-0.15, -0.1) is 11.3 Å². The lowest BCUT2D eigenvalue weighted by atomic mass is 9.97. The molecule has 8 nitrogen and oxygen atoms in total. The van der Waals surface area contributed by atoms with Crippen molar-refractivity contribution in [3.05, 3.63) is 64.5 Å². The summed E-state index contributed by atoms with van der Waals surface area (Å²) in [5, 5.41) is 16.0. The molecular weight excluding hydrogens is 538 g/mol. The number of carbonyl (C=O) groups excluding carboxylic acids is 1. The summed E-state index contributed by atoms with van der Waals surface area (Å²) in [6.07, 6.45) is 1.75. The van der Waals surface area contributed by atoms with Crippen LogP contribution in [0.4, 0.5) is 4.79 Å². The Balaban J connectivity index is 1.07. The summed E-state index contributed by atoms with van der Waals surface area (Å²) in [7, 11) is 0. The van der Waals surface area contributed by atoms with Crippen molar-refractivity contribution in [3.63, 3.8) is 0 Å². The van der Waals surface area contributed by atoms with Crippen LogP contribution in [-0.2, 0) is 17.9 Å². The third-order valence-electron chi connectivity index (χ3n) is 7.14. The summed E-state index contributed by atoms with van der Waals surface area (Å²) in [6, 6.07) is 16.4. The molecule has 1 N–H and O–H groups in total. The van der Waals surface area contributed by atoms with Crippen LogP contribution in [0.2, 0.25) is 0 Å². The van der Waals surface area contributed by atoms with Gasteiger partial charge in [-0.1, -0.05) is 30.3 Å². The summed E-state index contributed by atoms with van der Waals surface area (Å²) in [4.78, 5) is 14.1. The van der Waals surface area contributed by atoms with E-state index in [2.05, 4.69) is 35.7 Å². The highest BCUT2D eigenvalue weighted by Gasteiger charge is 2.26. The second-order valence-electron chi connectivity index (χ2n) is 11.4. The van der Waals surface area contributed by atoms with Crippen molar-refractivity contribution in [2.24, 2.45) is 5.92 Å². The number of ether oxygens (including phenoxy) is 4. The first-order valence-electron chi connectivity index (χ1n) is 14.1. The average Bonchev–Trinajstić information content (AvgIpc) is 3.39. The van der Waals surface area contributed by atoms with Gasteiger partial charge in [0.2, 0.25) is 0 Å². The van der Waals surface area contributed by atoms with Crippen LogP contribution in [0.25, 0.3) is 11.1 Å². The van der Waals surface area contributed by atoms with Gasteiger partial charge in [0.15, 0.2) is 16.6 Å². The monoisotopic (exact) mass is 575 g/mol. The molecule has 2 aliphatic heterocycles. The fourth-order valence-electron chi connectivity index (χ4n) is 4.94. The molecule has 1 aromatic heterocycles. The van der Waals surface area contributed by atoms with Gasteiger partial charge in [0.25, 0.3) is 0 Å². The van der Waals surface area contributed by atoms with Crippen molar-refractivity contribution in [1.82, 2.24) is 10.2 Å². The lowest BCUT2D eigenvalue weighted by Crippen LogP contribution is -2.43. The minimum atomic E-state index is -0.459. The molecule has 0 atom stereocenters. The number of thiophene rings is 1. The number of fused-ring (bicyclic) bond motifs is 1. The quantitative estimate of drug-likeness (QED) is 0.333. The van der Waals surface area contributed by atoms with E-state index >= 15 is 0 Å². The summed E-state index contributed by atoms with van der Waals surface area (Å²) in [5.41, 5.74) is 4.06. The lowest BCUT2D eigenvalue weighted by Gasteiger charge is -2.33. The van der Waals surface area contributed by atoms with E-state index in [0.717, 1.165) is 61.5 Å². The molecule has 0 spiro atoms. The van der Waals surface area contributed by atoms with Gasteiger partial charge >= 0.3 is 6.09 Å². The van der Waals surface area contributed by atoms with E-state index in [1.165, 1.54) is 16.9 Å². The van der Waals surface area contributed by atoms with Crippen molar-refractivity contribution in [3.8, 4) is 33.8 Å². The maximum absolute atomic E-state index is 12.3. The number of amides is 1. The Morgan fingerprint density at radius 2 is 1.78 bits per heavy atom. The number of hydrogen-bond donors (Lipinski definition) is 1. The first-order chi connectivity index (χ1) is 19.8. The number of likely N-dealkylation sites (tertiary alicyclic amines) is 1. The Hall–Kier alpha value is -3.74. The van der Waals surface area contributed by atoms with Crippen molar-refractivity contribution < 1.29 is 23.7 Å². The van der Waals surface area contributed by atoms with Crippen molar-refractivity contribution >= 4 is 17.4 Å². The fraction of sp³-hybridized carbons (Fsp3) is 0.438. The standard InChI is InChI=1S/C32H37N3O5S/c1-32(2,3)40-31(36)35-12-10-23(11-13-35)19-34-18-22-4-6-24(7-5-22)20-39-30-26(17-33)27(21-41-30)25-8-9-28-29(16-25)38-15-14-37-28/h4-9,16,21,23,34H,10-15,18-20H2,1-3H3. The summed E-state index contributed by atoms with van der Waals surface area (Å²) in [6.45, 7) is 10.3. The van der Waals surface area contributed by atoms with Gasteiger partial charge in [-0.3, -0.25) is 0 Å². The van der Waals surface area contributed by atoms with Gasteiger partial charge < -0.3 is 29.2 Å². The maximum Gasteiger partial charge on any atom is 0.410 e. The number of rotatable bonds is 8. The van der Waals surface area contributed by atoms with Gasteiger partial charge in [0.05, 0.1) is 0 Å². The molecule has 5 rings (SSSR count). The highest BCUT2D eigenvalue weighted by Crippen LogP contribution is 2.41. The third kappa shape index (κ3) is 7.51. The van der Waals surface area contributed by atoms with Crippen molar-refractivity contribution in [2.75, 3.05) is 32.8 Å². The van der Waals surface area contributed by atoms with Crippen LogP contribution in [0.1, 0.15) is 50.3 Å². The van der Waals surface area contributed by atoms with Crippen LogP contribution < -0.4 is 19.5 Å². The fourth-order valence-corrected chi connectivity index (χ4v) is 5.82. The first-order valence-corrected chi connectivity index (χ1v) is 15.0. The maximum atomic E-state index is 12.3. The zero-order valence-electron chi connectivity index (χ0n) is 23.9. The third-order valence-corrected chi connectivity index (χ3v) is 8.03. The molecule has 2 aromatic carbocycles. The summed E-state index contributed by atoms with van der Waals surface area (Å²) < 4.78 is 22.9. The molecule has 1 fully saturated rings. The highest BCUT2D eigenvalue weighted by molar-refractivity contribution is 7.12.